The third kappa shape index (κ3) is 4.33. The third-order valence-electron chi connectivity index (χ3n) is 3.37. The summed E-state index contributed by atoms with van der Waals surface area (Å²) in [4.78, 5) is 10.7. The molecule has 0 bridgehead atoms. The molecule has 19 heavy (non-hydrogen) atoms. The van der Waals surface area contributed by atoms with Crippen molar-refractivity contribution < 1.29 is 9.90 Å². The van der Waals surface area contributed by atoms with E-state index in [1.54, 1.807) is 0 Å². The van der Waals surface area contributed by atoms with Gasteiger partial charge in [0.15, 0.2) is 0 Å². The van der Waals surface area contributed by atoms with Crippen molar-refractivity contribution in [3.05, 3.63) is 34.9 Å². The maximum atomic E-state index is 10.7. The molecule has 1 aromatic rings. The van der Waals surface area contributed by atoms with Gasteiger partial charge < -0.3 is 16.2 Å². The smallest absolute Gasteiger partial charge is 0.321 e. The van der Waals surface area contributed by atoms with Crippen LogP contribution in [-0.2, 0) is 10.2 Å². The van der Waals surface area contributed by atoms with Crippen LogP contribution in [0.15, 0.2) is 18.2 Å². The fraction of sp³-hybridized carbons (Fsp3) is 0.533. The van der Waals surface area contributed by atoms with Gasteiger partial charge in [0.1, 0.15) is 6.04 Å². The van der Waals surface area contributed by atoms with Gasteiger partial charge in [0.05, 0.1) is 0 Å². The molecule has 0 spiro atoms. The van der Waals surface area contributed by atoms with Crippen LogP contribution in [-0.4, -0.2) is 30.2 Å². The molecule has 1 aromatic carbocycles. The first-order valence-electron chi connectivity index (χ1n) is 6.51. The number of hydrogen-bond donors (Lipinski definition) is 3. The van der Waals surface area contributed by atoms with Gasteiger partial charge in [0.2, 0.25) is 0 Å². The summed E-state index contributed by atoms with van der Waals surface area (Å²) < 4.78 is 0. The summed E-state index contributed by atoms with van der Waals surface area (Å²) in [5.74, 6) is -0.975. The predicted octanol–water partition coefficient (Wildman–Crippen LogP) is 1.58. The average Bonchev–Trinajstić information content (AvgIpc) is 2.31. The van der Waals surface area contributed by atoms with E-state index in [9.17, 15) is 4.79 Å². The van der Waals surface area contributed by atoms with Gasteiger partial charge >= 0.3 is 5.97 Å². The summed E-state index contributed by atoms with van der Waals surface area (Å²) in [5, 5.41) is 11.9. The molecular weight excluding hydrogens is 240 g/mol. The van der Waals surface area contributed by atoms with E-state index in [0.29, 0.717) is 6.54 Å². The van der Waals surface area contributed by atoms with E-state index < -0.39 is 12.0 Å². The zero-order valence-corrected chi connectivity index (χ0v) is 12.2. The van der Waals surface area contributed by atoms with Crippen LogP contribution in [0, 0.1) is 13.8 Å². The molecule has 0 radical (unpaired) electrons. The topological polar surface area (TPSA) is 75.3 Å². The van der Waals surface area contributed by atoms with E-state index in [-0.39, 0.29) is 12.0 Å². The van der Waals surface area contributed by atoms with Gasteiger partial charge in [-0.05, 0) is 25.0 Å². The molecule has 106 valence electrons. The van der Waals surface area contributed by atoms with Crippen molar-refractivity contribution in [3.8, 4) is 0 Å². The zero-order chi connectivity index (χ0) is 14.6. The monoisotopic (exact) mass is 264 g/mol. The van der Waals surface area contributed by atoms with E-state index >= 15 is 0 Å². The second-order valence-electron chi connectivity index (χ2n) is 5.78. The van der Waals surface area contributed by atoms with Gasteiger partial charge in [-0.25, -0.2) is 0 Å². The Balaban J connectivity index is 2.70. The SMILES string of the molecule is Cc1ccc(C)c(C(C)(C)CNCC(N)C(=O)O)c1. The Morgan fingerprint density at radius 3 is 2.63 bits per heavy atom. The Kier molecular flexibility index (Phi) is 5.09. The number of rotatable bonds is 6. The van der Waals surface area contributed by atoms with Crippen LogP contribution in [0.1, 0.15) is 30.5 Å². The van der Waals surface area contributed by atoms with Gasteiger partial charge in [-0.15, -0.1) is 0 Å². The number of nitrogens with one attached hydrogen (secondary N) is 1. The van der Waals surface area contributed by atoms with Crippen molar-refractivity contribution >= 4 is 5.97 Å². The largest absolute Gasteiger partial charge is 0.480 e. The lowest BCUT2D eigenvalue weighted by atomic mass is 9.81. The molecular formula is C15H24N2O2. The van der Waals surface area contributed by atoms with Crippen LogP contribution < -0.4 is 11.1 Å². The van der Waals surface area contributed by atoms with Crippen LogP contribution in [0.3, 0.4) is 0 Å². The molecule has 0 saturated heterocycles. The number of aliphatic carboxylic acids is 1. The molecule has 0 aliphatic carbocycles. The fourth-order valence-electron chi connectivity index (χ4n) is 2.19. The van der Waals surface area contributed by atoms with E-state index in [2.05, 4.69) is 51.2 Å². The summed E-state index contributed by atoms with van der Waals surface area (Å²) in [6.07, 6.45) is 0. The Labute approximate surface area is 115 Å². The highest BCUT2D eigenvalue weighted by Gasteiger charge is 2.23. The molecule has 1 atom stereocenters. The summed E-state index contributed by atoms with van der Waals surface area (Å²) in [6.45, 7) is 9.44. The molecule has 1 unspecified atom stereocenters. The molecule has 4 nitrogen and oxygen atoms in total. The molecule has 0 amide bonds. The van der Waals surface area contributed by atoms with E-state index in [1.165, 1.54) is 16.7 Å². The van der Waals surface area contributed by atoms with Crippen LogP contribution in [0.5, 0.6) is 0 Å². The van der Waals surface area contributed by atoms with Gasteiger partial charge in [0, 0.05) is 18.5 Å². The lowest BCUT2D eigenvalue weighted by molar-refractivity contribution is -0.138. The van der Waals surface area contributed by atoms with Gasteiger partial charge in [-0.1, -0.05) is 37.6 Å². The molecule has 1 rings (SSSR count). The highest BCUT2D eigenvalue weighted by molar-refractivity contribution is 5.73. The van der Waals surface area contributed by atoms with Crippen molar-refractivity contribution in [1.29, 1.82) is 0 Å². The predicted molar refractivity (Wildman–Crippen MR) is 77.4 cm³/mol. The quantitative estimate of drug-likeness (QED) is 0.729. The number of carbonyl (C=O) groups is 1. The van der Waals surface area contributed by atoms with E-state index in [4.69, 9.17) is 10.8 Å². The first-order valence-corrected chi connectivity index (χ1v) is 6.51. The maximum Gasteiger partial charge on any atom is 0.321 e. The zero-order valence-electron chi connectivity index (χ0n) is 12.2. The Morgan fingerprint density at radius 2 is 2.05 bits per heavy atom. The standard InChI is InChI=1S/C15H24N2O2/c1-10-5-6-11(2)12(7-10)15(3,4)9-17-8-13(16)14(18)19/h5-7,13,17H,8-9,16H2,1-4H3,(H,18,19). The van der Waals surface area contributed by atoms with Crippen LogP contribution in [0.4, 0.5) is 0 Å². The van der Waals surface area contributed by atoms with Crippen LogP contribution in [0.2, 0.25) is 0 Å². The number of carboxylic acids is 1. The highest BCUT2D eigenvalue weighted by Crippen LogP contribution is 2.26. The Bertz CT molecular complexity index is 455. The summed E-state index contributed by atoms with van der Waals surface area (Å²) in [6, 6.07) is 5.56. The maximum absolute atomic E-state index is 10.7. The molecule has 4 N–H and O–H groups in total. The first-order chi connectivity index (χ1) is 8.74. The van der Waals surface area contributed by atoms with Crippen LogP contribution >= 0.6 is 0 Å². The molecule has 0 saturated carbocycles. The molecule has 0 fully saturated rings. The number of carboxylic acid groups (broad SMARTS) is 1. The van der Waals surface area contributed by atoms with Gasteiger partial charge in [-0.3, -0.25) is 4.79 Å². The second kappa shape index (κ2) is 6.17. The molecule has 0 aliphatic rings. The second-order valence-corrected chi connectivity index (χ2v) is 5.78. The third-order valence-corrected chi connectivity index (χ3v) is 3.37. The minimum absolute atomic E-state index is 0.0612. The first kappa shape index (κ1) is 15.7. The van der Waals surface area contributed by atoms with Gasteiger partial charge in [-0.2, -0.15) is 0 Å². The van der Waals surface area contributed by atoms with E-state index in [0.717, 1.165) is 0 Å². The van der Waals surface area contributed by atoms with Crippen molar-refractivity contribution in [1.82, 2.24) is 5.32 Å². The van der Waals surface area contributed by atoms with Crippen molar-refractivity contribution in [2.75, 3.05) is 13.1 Å². The average molecular weight is 264 g/mol. The summed E-state index contributed by atoms with van der Waals surface area (Å²) in [5.41, 5.74) is 9.18. The number of aryl methyl sites for hydroxylation is 2. The Morgan fingerprint density at radius 1 is 1.42 bits per heavy atom. The van der Waals surface area contributed by atoms with Crippen molar-refractivity contribution in [2.24, 2.45) is 5.73 Å². The van der Waals surface area contributed by atoms with Gasteiger partial charge in [0.25, 0.3) is 0 Å². The molecule has 0 aromatic heterocycles. The molecule has 0 heterocycles. The molecule has 0 aliphatic heterocycles. The minimum atomic E-state index is -0.975. The number of nitrogens with two attached hydrogens (primary N) is 1. The lowest BCUT2D eigenvalue weighted by Crippen LogP contribution is -2.44. The van der Waals surface area contributed by atoms with Crippen LogP contribution in [0.25, 0.3) is 0 Å². The lowest BCUT2D eigenvalue weighted by Gasteiger charge is -2.28. The number of benzene rings is 1. The normalized spacial score (nSPS) is 13.3. The summed E-state index contributed by atoms with van der Waals surface area (Å²) >= 11 is 0. The highest BCUT2D eigenvalue weighted by atomic mass is 16.4. The van der Waals surface area contributed by atoms with Crippen molar-refractivity contribution in [3.63, 3.8) is 0 Å². The fourth-order valence-corrected chi connectivity index (χ4v) is 2.19. The Hall–Kier alpha value is -1.39. The minimum Gasteiger partial charge on any atom is -0.480 e. The summed E-state index contributed by atoms with van der Waals surface area (Å²) in [7, 11) is 0. The van der Waals surface area contributed by atoms with Crippen molar-refractivity contribution in [2.45, 2.75) is 39.2 Å². The van der Waals surface area contributed by atoms with E-state index in [1.807, 2.05) is 0 Å². The number of hydrogen-bond acceptors (Lipinski definition) is 3. The molecule has 4 heteroatoms.